The summed E-state index contributed by atoms with van der Waals surface area (Å²) in [5.41, 5.74) is 4.13. The molecule has 0 bridgehead atoms. The lowest BCUT2D eigenvalue weighted by molar-refractivity contribution is 0.467. The maximum Gasteiger partial charge on any atom is 0.0408 e. The van der Waals surface area contributed by atoms with E-state index in [-0.39, 0.29) is 0 Å². The Hall–Kier alpha value is -0.830. The van der Waals surface area contributed by atoms with Crippen molar-refractivity contribution in [2.75, 3.05) is 0 Å². The van der Waals surface area contributed by atoms with Gasteiger partial charge in [-0.3, -0.25) is 0 Å². The Kier molecular flexibility index (Phi) is 4.16. The average Bonchev–Trinajstić information content (AvgIpc) is 2.80. The van der Waals surface area contributed by atoms with Crippen molar-refractivity contribution in [3.8, 4) is 0 Å². The van der Waals surface area contributed by atoms with E-state index in [1.165, 1.54) is 16.7 Å². The lowest BCUT2D eigenvalue weighted by Crippen LogP contribution is -2.32. The highest BCUT2D eigenvalue weighted by Gasteiger charge is 2.22. The molecule has 3 heteroatoms. The van der Waals surface area contributed by atoms with Crippen LogP contribution in [-0.2, 0) is 12.8 Å². The number of rotatable bonds is 3. The predicted molar refractivity (Wildman–Crippen MR) is 88.3 cm³/mol. The molecule has 104 valence electrons. The third kappa shape index (κ3) is 3.08. The molecule has 2 unspecified atom stereocenters. The molecule has 0 saturated carbocycles. The molecule has 0 radical (unpaired) electrons. The third-order valence-electron chi connectivity index (χ3n) is 3.96. The minimum absolute atomic E-state index is 0.359. The van der Waals surface area contributed by atoms with Crippen LogP contribution in [0.1, 0.15) is 29.7 Å². The Morgan fingerprint density at radius 1 is 1.10 bits per heavy atom. The Balaban J connectivity index is 1.67. The molecule has 20 heavy (non-hydrogen) atoms. The zero-order valence-electron chi connectivity index (χ0n) is 11.4. The Labute approximate surface area is 133 Å². The minimum atomic E-state index is 0.359. The van der Waals surface area contributed by atoms with E-state index in [0.717, 1.165) is 22.3 Å². The first-order valence-corrected chi connectivity index (χ1v) is 8.08. The van der Waals surface area contributed by atoms with Crippen molar-refractivity contribution in [1.82, 2.24) is 5.32 Å². The van der Waals surface area contributed by atoms with E-state index >= 15 is 0 Å². The van der Waals surface area contributed by atoms with Crippen LogP contribution in [-0.4, -0.2) is 6.04 Å². The van der Waals surface area contributed by atoms with Gasteiger partial charge in [-0.15, -0.1) is 0 Å². The van der Waals surface area contributed by atoms with Crippen molar-refractivity contribution in [1.29, 1.82) is 0 Å². The van der Waals surface area contributed by atoms with Crippen molar-refractivity contribution in [3.05, 3.63) is 68.7 Å². The zero-order valence-corrected chi connectivity index (χ0v) is 13.7. The summed E-state index contributed by atoms with van der Waals surface area (Å²) in [4.78, 5) is 0. The van der Waals surface area contributed by atoms with E-state index in [4.69, 9.17) is 11.6 Å². The summed E-state index contributed by atoms with van der Waals surface area (Å²) in [6.07, 6.45) is 2.16. The second-order valence-electron chi connectivity index (χ2n) is 5.46. The highest BCUT2D eigenvalue weighted by atomic mass is 79.9. The van der Waals surface area contributed by atoms with Gasteiger partial charge >= 0.3 is 0 Å². The summed E-state index contributed by atoms with van der Waals surface area (Å²) in [5, 5.41) is 4.56. The molecule has 1 aliphatic carbocycles. The summed E-state index contributed by atoms with van der Waals surface area (Å²) in [7, 11) is 0. The Morgan fingerprint density at radius 3 is 2.55 bits per heavy atom. The van der Waals surface area contributed by atoms with Crippen LogP contribution in [0.5, 0.6) is 0 Å². The molecule has 0 aromatic heterocycles. The molecule has 0 saturated heterocycles. The molecule has 0 aliphatic heterocycles. The number of fused-ring (bicyclic) bond motifs is 1. The monoisotopic (exact) mass is 349 g/mol. The zero-order chi connectivity index (χ0) is 14.1. The Morgan fingerprint density at radius 2 is 1.80 bits per heavy atom. The van der Waals surface area contributed by atoms with Gasteiger partial charge in [0.2, 0.25) is 0 Å². The van der Waals surface area contributed by atoms with Gasteiger partial charge in [-0.05, 0) is 60.7 Å². The first-order chi connectivity index (χ1) is 9.61. The molecule has 0 spiro atoms. The maximum absolute atomic E-state index is 6.06. The lowest BCUT2D eigenvalue weighted by atomic mass is 10.1. The van der Waals surface area contributed by atoms with Crippen LogP contribution in [0.2, 0.25) is 5.02 Å². The summed E-state index contributed by atoms with van der Waals surface area (Å²) in [5.74, 6) is 0. The van der Waals surface area contributed by atoms with Gasteiger partial charge in [0.1, 0.15) is 0 Å². The topological polar surface area (TPSA) is 12.0 Å². The van der Waals surface area contributed by atoms with Crippen LogP contribution in [0.25, 0.3) is 0 Å². The van der Waals surface area contributed by atoms with Crippen LogP contribution in [0.4, 0.5) is 0 Å². The fourth-order valence-corrected chi connectivity index (χ4v) is 3.36. The predicted octanol–water partition coefficient (Wildman–Crippen LogP) is 4.92. The molecular weight excluding hydrogens is 334 g/mol. The summed E-state index contributed by atoms with van der Waals surface area (Å²) < 4.78 is 1.12. The fourth-order valence-electron chi connectivity index (χ4n) is 2.91. The molecule has 1 aliphatic rings. The van der Waals surface area contributed by atoms with Gasteiger partial charge in [0.15, 0.2) is 0 Å². The molecule has 2 aromatic rings. The molecule has 0 fully saturated rings. The van der Waals surface area contributed by atoms with Gasteiger partial charge in [-0.1, -0.05) is 45.7 Å². The summed E-state index contributed by atoms with van der Waals surface area (Å²) in [6.45, 7) is 2.22. The Bertz CT molecular complexity index is 609. The van der Waals surface area contributed by atoms with Gasteiger partial charge in [0.25, 0.3) is 0 Å². The molecule has 0 amide bonds. The van der Waals surface area contributed by atoms with Crippen LogP contribution in [0.15, 0.2) is 46.9 Å². The molecule has 1 N–H and O–H groups in total. The van der Waals surface area contributed by atoms with Gasteiger partial charge in [0.05, 0.1) is 0 Å². The maximum atomic E-state index is 6.06. The molecule has 1 nitrogen and oxygen atoms in total. The van der Waals surface area contributed by atoms with Crippen molar-refractivity contribution >= 4 is 27.5 Å². The lowest BCUT2D eigenvalue weighted by Gasteiger charge is -2.19. The van der Waals surface area contributed by atoms with E-state index < -0.39 is 0 Å². The second-order valence-corrected chi connectivity index (χ2v) is 6.81. The van der Waals surface area contributed by atoms with Crippen molar-refractivity contribution in [3.63, 3.8) is 0 Å². The van der Waals surface area contributed by atoms with E-state index in [0.29, 0.717) is 12.1 Å². The summed E-state index contributed by atoms with van der Waals surface area (Å²) in [6, 6.07) is 15.6. The smallest absolute Gasteiger partial charge is 0.0408 e. The molecule has 3 rings (SSSR count). The van der Waals surface area contributed by atoms with Crippen LogP contribution in [0, 0.1) is 0 Å². The van der Waals surface area contributed by atoms with Crippen molar-refractivity contribution in [2.24, 2.45) is 0 Å². The first kappa shape index (κ1) is 14.1. The van der Waals surface area contributed by atoms with Crippen molar-refractivity contribution < 1.29 is 0 Å². The normalized spacial score (nSPS) is 18.9. The number of benzene rings is 2. The third-order valence-corrected chi connectivity index (χ3v) is 4.72. The second kappa shape index (κ2) is 5.88. The highest BCUT2D eigenvalue weighted by molar-refractivity contribution is 9.10. The number of halogens is 2. The van der Waals surface area contributed by atoms with Crippen LogP contribution < -0.4 is 5.32 Å². The van der Waals surface area contributed by atoms with Gasteiger partial charge in [-0.25, -0.2) is 0 Å². The van der Waals surface area contributed by atoms with Gasteiger partial charge in [0, 0.05) is 21.6 Å². The van der Waals surface area contributed by atoms with Crippen molar-refractivity contribution in [2.45, 2.75) is 31.8 Å². The van der Waals surface area contributed by atoms with Crippen LogP contribution >= 0.6 is 27.5 Å². The quantitative estimate of drug-likeness (QED) is 0.828. The van der Waals surface area contributed by atoms with Crippen LogP contribution in [0.3, 0.4) is 0 Å². The summed E-state index contributed by atoms with van der Waals surface area (Å²) >= 11 is 9.54. The van der Waals surface area contributed by atoms with E-state index in [1.807, 2.05) is 6.07 Å². The largest absolute Gasteiger partial charge is 0.307 e. The minimum Gasteiger partial charge on any atom is -0.307 e. The first-order valence-electron chi connectivity index (χ1n) is 6.90. The molecule has 2 aromatic carbocycles. The van der Waals surface area contributed by atoms with Gasteiger partial charge < -0.3 is 5.32 Å². The SMILES string of the molecule is CC(NC1Cc2ccc(Cl)cc2C1)c1ccc(Br)cc1. The average molecular weight is 351 g/mol. The van der Waals surface area contributed by atoms with Gasteiger partial charge in [-0.2, -0.15) is 0 Å². The fraction of sp³-hybridized carbons (Fsp3) is 0.294. The van der Waals surface area contributed by atoms with E-state index in [9.17, 15) is 0 Å². The number of hydrogen-bond donors (Lipinski definition) is 1. The molecule has 0 heterocycles. The standard InChI is InChI=1S/C17H17BrClN/c1-11(12-2-5-15(18)6-3-12)20-17-9-13-4-7-16(19)8-14(13)10-17/h2-8,11,17,20H,9-10H2,1H3. The highest BCUT2D eigenvalue weighted by Crippen LogP contribution is 2.27. The number of nitrogens with one attached hydrogen (secondary N) is 1. The van der Waals surface area contributed by atoms with E-state index in [2.05, 4.69) is 64.6 Å². The molecular formula is C17H17BrClN. The molecule has 2 atom stereocenters. The number of hydrogen-bond acceptors (Lipinski definition) is 1. The van der Waals surface area contributed by atoms with E-state index in [1.54, 1.807) is 0 Å².